The predicted molar refractivity (Wildman–Crippen MR) is 76.7 cm³/mol. The van der Waals surface area contributed by atoms with Gasteiger partial charge >= 0.3 is 0 Å². The van der Waals surface area contributed by atoms with Gasteiger partial charge < -0.3 is 10.5 Å². The van der Waals surface area contributed by atoms with Crippen LogP contribution in [0, 0.1) is 12.7 Å². The van der Waals surface area contributed by atoms with Crippen molar-refractivity contribution < 1.29 is 9.13 Å². The number of fused-ring (bicyclic) bond motifs is 1. The highest BCUT2D eigenvalue weighted by Crippen LogP contribution is 2.27. The smallest absolute Gasteiger partial charge is 0.205 e. The van der Waals surface area contributed by atoms with Crippen LogP contribution in [0.3, 0.4) is 0 Å². The molecule has 0 amide bonds. The molecule has 0 radical (unpaired) electrons. The molecule has 2 N–H and O–H groups in total. The Balaban J connectivity index is 2.26. The van der Waals surface area contributed by atoms with Crippen LogP contribution in [0.2, 0.25) is 0 Å². The summed E-state index contributed by atoms with van der Waals surface area (Å²) in [6.45, 7) is 1.94. The third-order valence-electron chi connectivity index (χ3n) is 3.28. The second-order valence-corrected chi connectivity index (χ2v) is 4.59. The van der Waals surface area contributed by atoms with E-state index in [2.05, 4.69) is 4.98 Å². The van der Waals surface area contributed by atoms with Crippen LogP contribution in [0.1, 0.15) is 5.56 Å². The summed E-state index contributed by atoms with van der Waals surface area (Å²) in [4.78, 5) is 4.25. The van der Waals surface area contributed by atoms with Crippen LogP contribution in [0.5, 0.6) is 5.75 Å². The van der Waals surface area contributed by atoms with E-state index in [4.69, 9.17) is 10.5 Å². The number of hydrogen-bond donors (Lipinski definition) is 1. The van der Waals surface area contributed by atoms with Gasteiger partial charge in [-0.3, -0.25) is 4.57 Å². The third-order valence-corrected chi connectivity index (χ3v) is 3.28. The molecular weight excluding hydrogens is 257 g/mol. The van der Waals surface area contributed by atoms with Gasteiger partial charge in [0.2, 0.25) is 5.95 Å². The number of hydrogen-bond acceptors (Lipinski definition) is 3. The van der Waals surface area contributed by atoms with Gasteiger partial charge in [0, 0.05) is 11.8 Å². The number of nitrogens with two attached hydrogens (primary N) is 1. The molecule has 1 aromatic heterocycles. The molecule has 2 aromatic carbocycles. The number of ether oxygens (including phenoxy) is 1. The average molecular weight is 271 g/mol. The van der Waals surface area contributed by atoms with E-state index in [0.717, 1.165) is 17.0 Å². The molecule has 3 rings (SSSR count). The molecule has 102 valence electrons. The van der Waals surface area contributed by atoms with E-state index in [-0.39, 0.29) is 5.82 Å². The Kier molecular flexibility index (Phi) is 2.82. The zero-order valence-electron chi connectivity index (χ0n) is 11.2. The quantitative estimate of drug-likeness (QED) is 0.779. The SMILES string of the molecule is COc1ccc(-n2c(N)nc3ccc(F)cc32)cc1C. The Labute approximate surface area is 115 Å². The minimum absolute atomic E-state index is 0.316. The molecule has 0 aliphatic rings. The summed E-state index contributed by atoms with van der Waals surface area (Å²) in [5, 5.41) is 0. The standard InChI is InChI=1S/C15H14FN3O/c1-9-7-11(4-6-14(9)20-2)19-13-8-10(16)3-5-12(13)18-15(19)17/h3-8H,1-2H3,(H2,17,18). The molecule has 0 saturated heterocycles. The fourth-order valence-electron chi connectivity index (χ4n) is 2.34. The van der Waals surface area contributed by atoms with Crippen LogP contribution >= 0.6 is 0 Å². The number of aryl methyl sites for hydroxylation is 1. The van der Waals surface area contributed by atoms with E-state index in [1.54, 1.807) is 17.7 Å². The molecule has 0 saturated carbocycles. The molecular formula is C15H14FN3O. The summed E-state index contributed by atoms with van der Waals surface area (Å²) in [5.74, 6) is 0.807. The summed E-state index contributed by atoms with van der Waals surface area (Å²) in [6.07, 6.45) is 0. The monoisotopic (exact) mass is 271 g/mol. The number of anilines is 1. The maximum Gasteiger partial charge on any atom is 0.205 e. The molecule has 4 nitrogen and oxygen atoms in total. The number of aromatic nitrogens is 2. The van der Waals surface area contributed by atoms with E-state index in [1.807, 2.05) is 25.1 Å². The molecule has 0 aliphatic heterocycles. The zero-order valence-corrected chi connectivity index (χ0v) is 11.2. The molecule has 0 fully saturated rings. The maximum absolute atomic E-state index is 13.4. The molecule has 0 unspecified atom stereocenters. The van der Waals surface area contributed by atoms with Gasteiger partial charge in [-0.05, 0) is 42.8 Å². The van der Waals surface area contributed by atoms with Gasteiger partial charge in [0.05, 0.1) is 18.1 Å². The van der Waals surface area contributed by atoms with Crippen LogP contribution < -0.4 is 10.5 Å². The third kappa shape index (κ3) is 1.87. The van der Waals surface area contributed by atoms with E-state index < -0.39 is 0 Å². The second-order valence-electron chi connectivity index (χ2n) is 4.59. The Morgan fingerprint density at radius 2 is 2.00 bits per heavy atom. The summed E-state index contributed by atoms with van der Waals surface area (Å²) >= 11 is 0. The van der Waals surface area contributed by atoms with Crippen LogP contribution in [0.15, 0.2) is 36.4 Å². The summed E-state index contributed by atoms with van der Waals surface area (Å²) in [6, 6.07) is 10.1. The molecule has 5 heteroatoms. The Bertz CT molecular complexity index is 795. The number of rotatable bonds is 2. The molecule has 3 aromatic rings. The van der Waals surface area contributed by atoms with Crippen molar-refractivity contribution in [2.24, 2.45) is 0 Å². The van der Waals surface area contributed by atoms with Gasteiger partial charge in [-0.2, -0.15) is 0 Å². The number of nitrogen functional groups attached to an aromatic ring is 1. The van der Waals surface area contributed by atoms with Crippen LogP contribution in [0.25, 0.3) is 16.7 Å². The predicted octanol–water partition coefficient (Wildman–Crippen LogP) is 3.06. The van der Waals surface area contributed by atoms with Crippen molar-refractivity contribution in [3.8, 4) is 11.4 Å². The van der Waals surface area contributed by atoms with Crippen molar-refractivity contribution in [1.82, 2.24) is 9.55 Å². The Morgan fingerprint density at radius 1 is 1.20 bits per heavy atom. The molecule has 1 heterocycles. The average Bonchev–Trinajstić information content (AvgIpc) is 2.74. The zero-order chi connectivity index (χ0) is 14.3. The lowest BCUT2D eigenvalue weighted by atomic mass is 10.2. The van der Waals surface area contributed by atoms with Crippen LogP contribution in [-0.4, -0.2) is 16.7 Å². The van der Waals surface area contributed by atoms with Gasteiger partial charge in [0.15, 0.2) is 0 Å². The van der Waals surface area contributed by atoms with Gasteiger partial charge in [0.1, 0.15) is 11.6 Å². The minimum Gasteiger partial charge on any atom is -0.496 e. The number of halogens is 1. The number of nitrogens with zero attached hydrogens (tertiary/aromatic N) is 2. The van der Waals surface area contributed by atoms with Crippen LogP contribution in [0.4, 0.5) is 10.3 Å². The highest BCUT2D eigenvalue weighted by molar-refractivity contribution is 5.81. The van der Waals surface area contributed by atoms with Crippen LogP contribution in [-0.2, 0) is 0 Å². The van der Waals surface area contributed by atoms with Crippen molar-refractivity contribution in [3.63, 3.8) is 0 Å². The first-order chi connectivity index (χ1) is 9.60. The first kappa shape index (κ1) is 12.5. The topological polar surface area (TPSA) is 53.1 Å². The normalized spacial score (nSPS) is 10.9. The molecule has 20 heavy (non-hydrogen) atoms. The van der Waals surface area contributed by atoms with Gasteiger partial charge in [-0.1, -0.05) is 0 Å². The summed E-state index contributed by atoms with van der Waals surface area (Å²) in [7, 11) is 1.62. The lowest BCUT2D eigenvalue weighted by molar-refractivity contribution is 0.411. The molecule has 0 spiro atoms. The van der Waals surface area contributed by atoms with Crippen molar-refractivity contribution in [2.45, 2.75) is 6.92 Å². The van der Waals surface area contributed by atoms with Crippen molar-refractivity contribution in [3.05, 3.63) is 47.8 Å². The van der Waals surface area contributed by atoms with E-state index in [0.29, 0.717) is 17.0 Å². The second kappa shape index (κ2) is 4.52. The molecule has 0 atom stereocenters. The first-order valence-corrected chi connectivity index (χ1v) is 6.18. The molecule has 0 aliphatic carbocycles. The Morgan fingerprint density at radius 3 is 2.70 bits per heavy atom. The first-order valence-electron chi connectivity index (χ1n) is 6.18. The largest absolute Gasteiger partial charge is 0.496 e. The fourth-order valence-corrected chi connectivity index (χ4v) is 2.34. The summed E-state index contributed by atoms with van der Waals surface area (Å²) in [5.41, 5.74) is 9.07. The maximum atomic E-state index is 13.4. The number of methoxy groups -OCH3 is 1. The van der Waals surface area contributed by atoms with E-state index in [9.17, 15) is 4.39 Å². The Hall–Kier alpha value is -2.56. The highest BCUT2D eigenvalue weighted by atomic mass is 19.1. The number of imidazole rings is 1. The van der Waals surface area contributed by atoms with Gasteiger partial charge in [0.25, 0.3) is 0 Å². The van der Waals surface area contributed by atoms with Gasteiger partial charge in [-0.15, -0.1) is 0 Å². The lowest BCUT2D eigenvalue weighted by Crippen LogP contribution is -2.01. The molecule has 0 bridgehead atoms. The van der Waals surface area contributed by atoms with Crippen molar-refractivity contribution in [2.75, 3.05) is 12.8 Å². The van der Waals surface area contributed by atoms with Gasteiger partial charge in [-0.25, -0.2) is 9.37 Å². The number of benzene rings is 2. The lowest BCUT2D eigenvalue weighted by Gasteiger charge is -2.10. The minimum atomic E-state index is -0.316. The van der Waals surface area contributed by atoms with Crippen molar-refractivity contribution >= 4 is 17.0 Å². The van der Waals surface area contributed by atoms with E-state index in [1.165, 1.54) is 12.1 Å². The van der Waals surface area contributed by atoms with E-state index >= 15 is 0 Å². The summed E-state index contributed by atoms with van der Waals surface area (Å²) < 4.78 is 20.4. The fraction of sp³-hybridized carbons (Fsp3) is 0.133. The van der Waals surface area contributed by atoms with Crippen molar-refractivity contribution in [1.29, 1.82) is 0 Å². The highest BCUT2D eigenvalue weighted by Gasteiger charge is 2.11.